The molecule has 0 radical (unpaired) electrons. The van der Waals surface area contributed by atoms with Gasteiger partial charge in [0.25, 0.3) is 0 Å². The van der Waals surface area contributed by atoms with E-state index in [0.717, 1.165) is 41.0 Å². The van der Waals surface area contributed by atoms with Crippen molar-refractivity contribution in [1.82, 2.24) is 0 Å². The van der Waals surface area contributed by atoms with Gasteiger partial charge in [0.2, 0.25) is 0 Å². The number of alkyl halides is 6. The molecule has 6 heteroatoms. The van der Waals surface area contributed by atoms with Crippen LogP contribution >= 0.6 is 0 Å². The molecule has 0 aliphatic heterocycles. The lowest BCUT2D eigenvalue weighted by atomic mass is 9.50. The van der Waals surface area contributed by atoms with Crippen LogP contribution in [0.3, 0.4) is 0 Å². The number of halogens is 6. The maximum Gasteiger partial charge on any atom is 0.404 e. The average Bonchev–Trinajstić information content (AvgIpc) is 2.16. The van der Waals surface area contributed by atoms with Crippen LogP contribution in [0.15, 0.2) is 0 Å². The van der Waals surface area contributed by atoms with Crippen molar-refractivity contribution in [2.24, 2.45) is 27.1 Å². The Labute approximate surface area is 155 Å². The van der Waals surface area contributed by atoms with Gasteiger partial charge in [0.15, 0.2) is 5.41 Å². The first-order chi connectivity index (χ1) is 10.9. The van der Waals surface area contributed by atoms with Crippen LogP contribution in [0.1, 0.15) is 88.5 Å². The van der Waals surface area contributed by atoms with Crippen molar-refractivity contribution in [3.8, 4) is 0 Å². The lowest BCUT2D eigenvalue weighted by Crippen LogP contribution is -2.65. The normalized spacial score (nSPS) is 16.2. The molecule has 0 aliphatic rings. The standard InChI is InChI=1S/C20H36F6/c1-14(2,3)13-16(7,8)11-12-17(9,10)18(15(4,5)6,19(21,22)23)20(24,25)26/h11-13H2,1-10H3. The van der Waals surface area contributed by atoms with Gasteiger partial charge in [0, 0.05) is 0 Å². The van der Waals surface area contributed by atoms with Crippen LogP contribution in [0.25, 0.3) is 0 Å². The summed E-state index contributed by atoms with van der Waals surface area (Å²) in [5.41, 5.74) is -8.23. The third-order valence-corrected chi connectivity index (χ3v) is 5.43. The van der Waals surface area contributed by atoms with Gasteiger partial charge in [0.1, 0.15) is 0 Å². The first kappa shape index (κ1) is 25.6. The molecule has 0 saturated carbocycles. The maximum absolute atomic E-state index is 14.0. The molecule has 0 bridgehead atoms. The minimum atomic E-state index is -5.40. The van der Waals surface area contributed by atoms with Gasteiger partial charge in [-0.3, -0.25) is 0 Å². The van der Waals surface area contributed by atoms with E-state index in [1.54, 1.807) is 0 Å². The SMILES string of the molecule is CC(C)(C)CC(C)(C)CCC(C)(C)C(C(C)(C)C)(C(F)(F)F)C(F)(F)F. The van der Waals surface area contributed by atoms with E-state index in [4.69, 9.17) is 0 Å². The summed E-state index contributed by atoms with van der Waals surface area (Å²) in [5, 5.41) is 0. The van der Waals surface area contributed by atoms with Gasteiger partial charge in [-0.05, 0) is 40.9 Å². The Kier molecular flexibility index (Phi) is 6.77. The summed E-state index contributed by atoms with van der Waals surface area (Å²) in [6, 6.07) is 0. The molecule has 0 spiro atoms. The van der Waals surface area contributed by atoms with E-state index in [2.05, 4.69) is 0 Å². The third kappa shape index (κ3) is 5.09. The number of hydrogen-bond donors (Lipinski definition) is 0. The summed E-state index contributed by atoms with van der Waals surface area (Å²) in [5.74, 6) is 0. The fraction of sp³-hybridized carbons (Fsp3) is 1.00. The highest BCUT2D eigenvalue weighted by Crippen LogP contribution is 2.69. The van der Waals surface area contributed by atoms with Gasteiger partial charge in [-0.1, -0.05) is 69.2 Å². The van der Waals surface area contributed by atoms with Gasteiger partial charge < -0.3 is 0 Å². The Morgan fingerprint density at radius 2 is 0.885 bits per heavy atom. The summed E-state index contributed by atoms with van der Waals surface area (Å²) in [4.78, 5) is 0. The molecule has 26 heavy (non-hydrogen) atoms. The lowest BCUT2D eigenvalue weighted by molar-refractivity contribution is -0.406. The van der Waals surface area contributed by atoms with Crippen molar-refractivity contribution >= 4 is 0 Å². The molecular weight excluding hydrogens is 354 g/mol. The highest BCUT2D eigenvalue weighted by atomic mass is 19.4. The van der Waals surface area contributed by atoms with Gasteiger partial charge in [-0.25, -0.2) is 0 Å². The van der Waals surface area contributed by atoms with Crippen LogP contribution in [-0.4, -0.2) is 12.4 Å². The molecule has 0 heterocycles. The average molecular weight is 390 g/mol. The first-order valence-corrected chi connectivity index (χ1v) is 9.05. The predicted molar refractivity (Wildman–Crippen MR) is 94.9 cm³/mol. The second-order valence-electron chi connectivity index (χ2n) is 11.3. The molecule has 0 amide bonds. The van der Waals surface area contributed by atoms with E-state index in [0.29, 0.717) is 6.42 Å². The highest BCUT2D eigenvalue weighted by Gasteiger charge is 2.80. The first-order valence-electron chi connectivity index (χ1n) is 9.05. The minimum Gasteiger partial charge on any atom is -0.170 e. The topological polar surface area (TPSA) is 0 Å². The Morgan fingerprint density at radius 1 is 0.538 bits per heavy atom. The van der Waals surface area contributed by atoms with E-state index in [9.17, 15) is 26.3 Å². The summed E-state index contributed by atoms with van der Waals surface area (Å²) in [6.07, 6.45) is -9.95. The number of rotatable bonds is 5. The molecule has 0 saturated heterocycles. The van der Waals surface area contributed by atoms with Crippen molar-refractivity contribution < 1.29 is 26.3 Å². The molecule has 0 aromatic rings. The molecule has 158 valence electrons. The molecular formula is C20H36F6. The van der Waals surface area contributed by atoms with Gasteiger partial charge in [0.05, 0.1) is 0 Å². The zero-order chi connectivity index (χ0) is 21.6. The molecule has 0 unspecified atom stereocenters. The molecule has 0 nitrogen and oxygen atoms in total. The Balaban J connectivity index is 6.13. The summed E-state index contributed by atoms with van der Waals surface area (Å²) in [6.45, 7) is 15.2. The smallest absolute Gasteiger partial charge is 0.170 e. The largest absolute Gasteiger partial charge is 0.404 e. The second kappa shape index (κ2) is 6.88. The van der Waals surface area contributed by atoms with E-state index >= 15 is 0 Å². The van der Waals surface area contributed by atoms with Crippen molar-refractivity contribution in [1.29, 1.82) is 0 Å². The fourth-order valence-electron chi connectivity index (χ4n) is 5.16. The van der Waals surface area contributed by atoms with Crippen molar-refractivity contribution in [2.75, 3.05) is 0 Å². The zero-order valence-electron chi connectivity index (χ0n) is 17.9. The van der Waals surface area contributed by atoms with Crippen LogP contribution in [0, 0.1) is 27.1 Å². The van der Waals surface area contributed by atoms with E-state index in [1.807, 2.05) is 34.6 Å². The molecule has 0 rings (SSSR count). The zero-order valence-corrected chi connectivity index (χ0v) is 17.9. The molecule has 0 atom stereocenters. The van der Waals surface area contributed by atoms with Crippen LogP contribution in [0.4, 0.5) is 26.3 Å². The van der Waals surface area contributed by atoms with Crippen molar-refractivity contribution in [2.45, 2.75) is 101 Å². The molecule has 0 aliphatic carbocycles. The van der Waals surface area contributed by atoms with Gasteiger partial charge in [-0.15, -0.1) is 0 Å². The second-order valence-corrected chi connectivity index (χ2v) is 11.3. The van der Waals surface area contributed by atoms with Crippen LogP contribution in [-0.2, 0) is 0 Å². The van der Waals surface area contributed by atoms with E-state index < -0.39 is 28.6 Å². The minimum absolute atomic E-state index is 0.0528. The molecule has 0 fully saturated rings. The van der Waals surface area contributed by atoms with E-state index in [-0.39, 0.29) is 17.3 Å². The summed E-state index contributed by atoms with van der Waals surface area (Å²) >= 11 is 0. The van der Waals surface area contributed by atoms with Crippen molar-refractivity contribution in [3.63, 3.8) is 0 Å². The molecule has 0 N–H and O–H groups in total. The highest BCUT2D eigenvalue weighted by molar-refractivity contribution is 5.09. The molecule has 0 aromatic heterocycles. The van der Waals surface area contributed by atoms with Crippen molar-refractivity contribution in [3.05, 3.63) is 0 Å². The summed E-state index contributed by atoms with van der Waals surface area (Å²) in [7, 11) is 0. The Morgan fingerprint density at radius 3 is 1.12 bits per heavy atom. The van der Waals surface area contributed by atoms with Gasteiger partial charge >= 0.3 is 12.4 Å². The summed E-state index contributed by atoms with van der Waals surface area (Å²) < 4.78 is 84.2. The van der Waals surface area contributed by atoms with Crippen LogP contribution in [0.5, 0.6) is 0 Å². The lowest BCUT2D eigenvalue weighted by Gasteiger charge is -2.56. The monoisotopic (exact) mass is 390 g/mol. The van der Waals surface area contributed by atoms with Crippen LogP contribution in [0.2, 0.25) is 0 Å². The third-order valence-electron chi connectivity index (χ3n) is 5.43. The quantitative estimate of drug-likeness (QED) is 0.413. The Hall–Kier alpha value is -0.420. The van der Waals surface area contributed by atoms with Crippen LogP contribution < -0.4 is 0 Å². The Bertz CT molecular complexity index is 430. The van der Waals surface area contributed by atoms with Gasteiger partial charge in [-0.2, -0.15) is 26.3 Å². The number of hydrogen-bond acceptors (Lipinski definition) is 0. The maximum atomic E-state index is 14.0. The van der Waals surface area contributed by atoms with E-state index in [1.165, 1.54) is 0 Å². The predicted octanol–water partition coefficient (Wildman–Crippen LogP) is 8.41. The molecule has 0 aromatic carbocycles. The fourth-order valence-corrected chi connectivity index (χ4v) is 5.16.